The van der Waals surface area contributed by atoms with Crippen molar-refractivity contribution < 1.29 is 5.21 Å². The first-order valence-corrected chi connectivity index (χ1v) is 7.68. The van der Waals surface area contributed by atoms with Crippen LogP contribution in [-0.4, -0.2) is 46.1 Å². The van der Waals surface area contributed by atoms with Gasteiger partial charge in [-0.1, -0.05) is 11.6 Å². The first-order chi connectivity index (χ1) is 10.3. The highest BCUT2D eigenvalue weighted by Gasteiger charge is 2.34. The summed E-state index contributed by atoms with van der Waals surface area (Å²) in [6, 6.07) is 5.11. The van der Waals surface area contributed by atoms with Gasteiger partial charge in [0.2, 0.25) is 0 Å². The van der Waals surface area contributed by atoms with Crippen molar-refractivity contribution in [3.63, 3.8) is 0 Å². The second kappa shape index (κ2) is 6.41. The molecule has 1 aromatic rings. The molecule has 21 heavy (non-hydrogen) atoms. The van der Waals surface area contributed by atoms with Crippen LogP contribution in [0, 0.1) is 0 Å². The predicted molar refractivity (Wildman–Crippen MR) is 81.2 cm³/mol. The van der Waals surface area contributed by atoms with Crippen LogP contribution in [0.5, 0.6) is 0 Å². The molecule has 6 heteroatoms. The van der Waals surface area contributed by atoms with E-state index < -0.39 is 0 Å². The van der Waals surface area contributed by atoms with Crippen molar-refractivity contribution >= 4 is 5.84 Å². The highest BCUT2D eigenvalue weighted by Crippen LogP contribution is 2.27. The van der Waals surface area contributed by atoms with Crippen molar-refractivity contribution in [2.75, 3.05) is 13.1 Å². The maximum atomic E-state index is 8.71. The van der Waals surface area contributed by atoms with E-state index in [1.807, 2.05) is 12.1 Å². The van der Waals surface area contributed by atoms with Gasteiger partial charge in [-0.3, -0.25) is 9.88 Å². The van der Waals surface area contributed by atoms with E-state index in [2.05, 4.69) is 20.4 Å². The lowest BCUT2D eigenvalue weighted by molar-refractivity contribution is 0.180. The van der Waals surface area contributed by atoms with E-state index in [4.69, 9.17) is 10.9 Å². The molecule has 2 fully saturated rings. The molecule has 6 nitrogen and oxygen atoms in total. The normalized spacial score (nSPS) is 26.8. The molecule has 0 saturated carbocycles. The van der Waals surface area contributed by atoms with Gasteiger partial charge in [-0.15, -0.1) is 0 Å². The van der Waals surface area contributed by atoms with E-state index >= 15 is 0 Å². The summed E-state index contributed by atoms with van der Waals surface area (Å²) in [4.78, 5) is 6.72. The molecule has 2 unspecified atom stereocenters. The molecule has 114 valence electrons. The van der Waals surface area contributed by atoms with Gasteiger partial charge in [0.1, 0.15) is 5.69 Å². The van der Waals surface area contributed by atoms with Crippen LogP contribution < -0.4 is 11.1 Å². The molecule has 2 aliphatic rings. The average molecular weight is 289 g/mol. The molecule has 0 aromatic carbocycles. The number of nitrogens with zero attached hydrogens (tertiary/aromatic N) is 3. The van der Waals surface area contributed by atoms with Gasteiger partial charge in [-0.05, 0) is 43.5 Å². The summed E-state index contributed by atoms with van der Waals surface area (Å²) in [7, 11) is 0. The third-order valence-corrected chi connectivity index (χ3v) is 4.62. The fourth-order valence-electron chi connectivity index (χ4n) is 3.51. The highest BCUT2D eigenvalue weighted by molar-refractivity contribution is 5.95. The van der Waals surface area contributed by atoms with Gasteiger partial charge in [-0.25, -0.2) is 0 Å². The standard InChI is InChI=1S/C15H23N5O/c16-15(19-21)13-9-11(4-6-17-13)10-18-12-5-8-20-7-2-1-3-14(12)20/h4,6,9,12,14,18,21H,1-3,5,7-8,10H2,(H2,16,19). The zero-order valence-electron chi connectivity index (χ0n) is 12.2. The van der Waals surface area contributed by atoms with Crippen LogP contribution in [0.15, 0.2) is 23.5 Å². The molecule has 2 aliphatic heterocycles. The number of amidine groups is 1. The van der Waals surface area contributed by atoms with Crippen molar-refractivity contribution in [3.8, 4) is 0 Å². The minimum Gasteiger partial charge on any atom is -0.409 e. The van der Waals surface area contributed by atoms with E-state index in [-0.39, 0.29) is 5.84 Å². The molecule has 4 N–H and O–H groups in total. The fraction of sp³-hybridized carbons (Fsp3) is 0.600. The van der Waals surface area contributed by atoms with E-state index in [1.54, 1.807) is 6.20 Å². The quantitative estimate of drug-likeness (QED) is 0.332. The monoisotopic (exact) mass is 289 g/mol. The Morgan fingerprint density at radius 3 is 3.19 bits per heavy atom. The van der Waals surface area contributed by atoms with E-state index in [1.165, 1.54) is 38.8 Å². The number of nitrogens with one attached hydrogen (secondary N) is 1. The SMILES string of the molecule is NC(=NO)c1cc(CNC2CCN3CCCCC23)ccn1. The molecule has 0 bridgehead atoms. The van der Waals surface area contributed by atoms with Gasteiger partial charge in [-0.2, -0.15) is 0 Å². The predicted octanol–water partition coefficient (Wildman–Crippen LogP) is 0.892. The summed E-state index contributed by atoms with van der Waals surface area (Å²) in [6.07, 6.45) is 6.93. The fourth-order valence-corrected chi connectivity index (χ4v) is 3.51. The van der Waals surface area contributed by atoms with Crippen LogP contribution in [0.1, 0.15) is 36.9 Å². The van der Waals surface area contributed by atoms with E-state index in [0.717, 1.165) is 12.1 Å². The van der Waals surface area contributed by atoms with Crippen molar-refractivity contribution in [2.45, 2.75) is 44.3 Å². The van der Waals surface area contributed by atoms with Crippen molar-refractivity contribution in [1.82, 2.24) is 15.2 Å². The summed E-state index contributed by atoms with van der Waals surface area (Å²) in [5.41, 5.74) is 7.21. The Morgan fingerprint density at radius 2 is 2.33 bits per heavy atom. The largest absolute Gasteiger partial charge is 0.409 e. The Morgan fingerprint density at radius 1 is 1.43 bits per heavy atom. The number of rotatable bonds is 4. The molecule has 3 rings (SSSR count). The van der Waals surface area contributed by atoms with Gasteiger partial charge >= 0.3 is 0 Å². The zero-order chi connectivity index (χ0) is 14.7. The molecular weight excluding hydrogens is 266 g/mol. The molecule has 3 heterocycles. The lowest BCUT2D eigenvalue weighted by Crippen LogP contribution is -2.44. The first kappa shape index (κ1) is 14.3. The zero-order valence-corrected chi connectivity index (χ0v) is 12.2. The van der Waals surface area contributed by atoms with Crippen molar-refractivity contribution in [1.29, 1.82) is 0 Å². The highest BCUT2D eigenvalue weighted by atomic mass is 16.4. The third kappa shape index (κ3) is 3.16. The van der Waals surface area contributed by atoms with Gasteiger partial charge in [0.05, 0.1) is 0 Å². The lowest BCUT2D eigenvalue weighted by atomic mass is 9.99. The smallest absolute Gasteiger partial charge is 0.188 e. The van der Waals surface area contributed by atoms with Crippen molar-refractivity contribution in [3.05, 3.63) is 29.6 Å². The average Bonchev–Trinajstić information content (AvgIpc) is 2.95. The number of hydrogen-bond acceptors (Lipinski definition) is 5. The van der Waals surface area contributed by atoms with Gasteiger partial charge in [0.15, 0.2) is 5.84 Å². The Bertz CT molecular complexity index is 519. The number of pyridine rings is 1. The maximum Gasteiger partial charge on any atom is 0.188 e. The number of fused-ring (bicyclic) bond motifs is 1. The molecule has 1 aromatic heterocycles. The molecule has 0 spiro atoms. The second-order valence-electron chi connectivity index (χ2n) is 5.91. The Labute approximate surface area is 125 Å². The summed E-state index contributed by atoms with van der Waals surface area (Å²) < 4.78 is 0. The molecule has 0 radical (unpaired) electrons. The van der Waals surface area contributed by atoms with Crippen LogP contribution in [0.2, 0.25) is 0 Å². The first-order valence-electron chi connectivity index (χ1n) is 7.68. The molecular formula is C15H23N5O. The molecule has 0 aliphatic carbocycles. The summed E-state index contributed by atoms with van der Waals surface area (Å²) >= 11 is 0. The Hall–Kier alpha value is -1.66. The Kier molecular flexibility index (Phi) is 4.36. The van der Waals surface area contributed by atoms with Crippen LogP contribution >= 0.6 is 0 Å². The number of piperidine rings is 1. The summed E-state index contributed by atoms with van der Waals surface area (Å²) in [5.74, 6) is 0.0520. The van der Waals surface area contributed by atoms with Crippen LogP contribution in [-0.2, 0) is 6.54 Å². The van der Waals surface area contributed by atoms with Gasteiger partial charge in [0.25, 0.3) is 0 Å². The van der Waals surface area contributed by atoms with E-state index in [0.29, 0.717) is 17.8 Å². The summed E-state index contributed by atoms with van der Waals surface area (Å²) in [5, 5.41) is 15.4. The van der Waals surface area contributed by atoms with Crippen LogP contribution in [0.4, 0.5) is 0 Å². The number of aromatic nitrogens is 1. The van der Waals surface area contributed by atoms with Gasteiger partial charge in [0, 0.05) is 31.4 Å². The number of nitrogens with two attached hydrogens (primary N) is 1. The topological polar surface area (TPSA) is 86.8 Å². The van der Waals surface area contributed by atoms with Crippen molar-refractivity contribution in [2.24, 2.45) is 10.9 Å². The molecule has 0 amide bonds. The van der Waals surface area contributed by atoms with Crippen LogP contribution in [0.25, 0.3) is 0 Å². The molecule has 2 atom stereocenters. The molecule has 2 saturated heterocycles. The Balaban J connectivity index is 1.60. The van der Waals surface area contributed by atoms with Gasteiger partial charge < -0.3 is 16.3 Å². The van der Waals surface area contributed by atoms with E-state index in [9.17, 15) is 0 Å². The number of oxime groups is 1. The lowest BCUT2D eigenvalue weighted by Gasteiger charge is -2.32. The second-order valence-corrected chi connectivity index (χ2v) is 5.91. The minimum absolute atomic E-state index is 0.0520. The van der Waals surface area contributed by atoms with Crippen LogP contribution in [0.3, 0.4) is 0 Å². The number of hydrogen-bond donors (Lipinski definition) is 3. The maximum absolute atomic E-state index is 8.71. The summed E-state index contributed by atoms with van der Waals surface area (Å²) in [6.45, 7) is 3.27. The third-order valence-electron chi connectivity index (χ3n) is 4.62. The minimum atomic E-state index is 0.0520.